The Morgan fingerprint density at radius 1 is 1.14 bits per heavy atom. The zero-order chi connectivity index (χ0) is 15.7. The van der Waals surface area contributed by atoms with E-state index in [1.807, 2.05) is 6.07 Å². The average Bonchev–Trinajstić information content (AvgIpc) is 2.46. The minimum Gasteiger partial charge on any atom is -0.466 e. The van der Waals surface area contributed by atoms with Crippen molar-refractivity contribution in [2.24, 2.45) is 0 Å². The van der Waals surface area contributed by atoms with E-state index >= 15 is 0 Å². The predicted octanol–water partition coefficient (Wildman–Crippen LogP) is 1.79. The van der Waals surface area contributed by atoms with Crippen molar-refractivity contribution in [2.45, 2.75) is 32.4 Å². The minimum absolute atomic E-state index is 0.209. The molecule has 21 heavy (non-hydrogen) atoms. The van der Waals surface area contributed by atoms with Crippen LogP contribution in [0.5, 0.6) is 0 Å². The van der Waals surface area contributed by atoms with E-state index in [9.17, 15) is 14.7 Å². The van der Waals surface area contributed by atoms with E-state index in [0.29, 0.717) is 5.56 Å². The number of nitrogens with one attached hydrogen (secondary N) is 1. The van der Waals surface area contributed by atoms with Crippen molar-refractivity contribution in [3.05, 3.63) is 35.9 Å². The van der Waals surface area contributed by atoms with Crippen LogP contribution in [0.2, 0.25) is 0 Å². The van der Waals surface area contributed by atoms with Gasteiger partial charge in [-0.2, -0.15) is 0 Å². The van der Waals surface area contributed by atoms with E-state index in [1.165, 1.54) is 0 Å². The van der Waals surface area contributed by atoms with Crippen LogP contribution < -0.4 is 5.32 Å². The molecule has 1 aromatic carbocycles. The number of ether oxygens (including phenoxy) is 2. The van der Waals surface area contributed by atoms with Gasteiger partial charge in [-0.05, 0) is 19.4 Å². The van der Waals surface area contributed by atoms with Crippen LogP contribution in [0.3, 0.4) is 0 Å². The number of amides is 1. The molecule has 116 valence electrons. The number of esters is 1. The largest absolute Gasteiger partial charge is 0.466 e. The molecule has 0 spiro atoms. The lowest BCUT2D eigenvalue weighted by molar-refractivity contribution is -0.145. The summed E-state index contributed by atoms with van der Waals surface area (Å²) in [5, 5.41) is 12.8. The molecule has 0 bridgehead atoms. The Morgan fingerprint density at radius 3 is 2.33 bits per heavy atom. The van der Waals surface area contributed by atoms with Crippen molar-refractivity contribution in [1.29, 1.82) is 0 Å². The number of rotatable bonds is 7. The molecule has 0 saturated heterocycles. The quantitative estimate of drug-likeness (QED) is 0.749. The summed E-state index contributed by atoms with van der Waals surface area (Å²) in [5.74, 6) is -0.517. The van der Waals surface area contributed by atoms with Crippen molar-refractivity contribution in [2.75, 3.05) is 13.2 Å². The number of carbonyl (C=O) groups is 2. The van der Waals surface area contributed by atoms with Gasteiger partial charge in [-0.1, -0.05) is 30.3 Å². The van der Waals surface area contributed by atoms with Gasteiger partial charge in [0.1, 0.15) is 0 Å². The highest BCUT2D eigenvalue weighted by molar-refractivity contribution is 5.71. The molecular formula is C15H21NO5. The zero-order valence-corrected chi connectivity index (χ0v) is 12.2. The van der Waals surface area contributed by atoms with Gasteiger partial charge in [-0.15, -0.1) is 0 Å². The molecule has 0 aromatic heterocycles. The van der Waals surface area contributed by atoms with E-state index in [1.54, 1.807) is 38.1 Å². The number of aliphatic hydroxyl groups excluding tert-OH is 1. The smallest absolute Gasteiger partial charge is 0.407 e. The molecule has 2 atom stereocenters. The maximum absolute atomic E-state index is 11.6. The molecule has 0 saturated carbocycles. The lowest BCUT2D eigenvalue weighted by Crippen LogP contribution is -2.38. The first-order valence-electron chi connectivity index (χ1n) is 6.90. The van der Waals surface area contributed by atoms with Gasteiger partial charge in [0.15, 0.2) is 0 Å². The molecule has 0 aliphatic rings. The monoisotopic (exact) mass is 295 g/mol. The molecule has 1 amide bonds. The Hall–Kier alpha value is -2.08. The molecule has 1 rings (SSSR count). The highest BCUT2D eigenvalue weighted by Gasteiger charge is 2.26. The van der Waals surface area contributed by atoms with Crippen LogP contribution in [0.1, 0.15) is 31.9 Å². The Balaban J connectivity index is 2.81. The molecule has 6 nitrogen and oxygen atoms in total. The highest BCUT2D eigenvalue weighted by Crippen LogP contribution is 2.19. The van der Waals surface area contributed by atoms with Gasteiger partial charge in [0.25, 0.3) is 0 Å². The van der Waals surface area contributed by atoms with Crippen LogP contribution in [0.25, 0.3) is 0 Å². The predicted molar refractivity (Wildman–Crippen MR) is 76.6 cm³/mol. The number of alkyl carbamates (subject to hydrolysis) is 1. The van der Waals surface area contributed by atoms with Crippen LogP contribution in [0.15, 0.2) is 30.3 Å². The van der Waals surface area contributed by atoms with Gasteiger partial charge >= 0.3 is 12.1 Å². The second-order valence-electron chi connectivity index (χ2n) is 4.33. The second-order valence-corrected chi connectivity index (χ2v) is 4.33. The fourth-order valence-corrected chi connectivity index (χ4v) is 1.87. The molecule has 0 aliphatic heterocycles. The Kier molecular flexibility index (Phi) is 7.25. The van der Waals surface area contributed by atoms with Crippen molar-refractivity contribution in [3.8, 4) is 0 Å². The molecule has 6 heteroatoms. The van der Waals surface area contributed by atoms with E-state index < -0.39 is 24.2 Å². The molecule has 0 unspecified atom stereocenters. The van der Waals surface area contributed by atoms with Crippen LogP contribution >= 0.6 is 0 Å². The first-order valence-corrected chi connectivity index (χ1v) is 6.90. The maximum Gasteiger partial charge on any atom is 0.407 e. The van der Waals surface area contributed by atoms with Gasteiger partial charge < -0.3 is 19.9 Å². The van der Waals surface area contributed by atoms with Gasteiger partial charge in [-0.3, -0.25) is 4.79 Å². The van der Waals surface area contributed by atoms with Gasteiger partial charge in [0.05, 0.1) is 31.8 Å². The summed E-state index contributed by atoms with van der Waals surface area (Å²) in [7, 11) is 0. The zero-order valence-electron chi connectivity index (χ0n) is 12.2. The third kappa shape index (κ3) is 5.83. The van der Waals surface area contributed by atoms with Gasteiger partial charge in [-0.25, -0.2) is 4.79 Å². The number of benzene rings is 1. The molecule has 0 heterocycles. The summed E-state index contributed by atoms with van der Waals surface area (Å²) in [5.41, 5.74) is 0.683. The first-order chi connectivity index (χ1) is 10.1. The summed E-state index contributed by atoms with van der Waals surface area (Å²) in [6.45, 7) is 3.84. The highest BCUT2D eigenvalue weighted by atomic mass is 16.5. The fraction of sp³-hybridized carbons (Fsp3) is 0.467. The lowest BCUT2D eigenvalue weighted by Gasteiger charge is -2.23. The molecule has 0 aliphatic carbocycles. The molecule has 1 aromatic rings. The molecule has 0 radical (unpaired) electrons. The molecule has 0 fully saturated rings. The van der Waals surface area contributed by atoms with Crippen LogP contribution in [0, 0.1) is 0 Å². The maximum atomic E-state index is 11.6. The van der Waals surface area contributed by atoms with E-state index in [-0.39, 0.29) is 19.6 Å². The van der Waals surface area contributed by atoms with Gasteiger partial charge in [0.2, 0.25) is 0 Å². The van der Waals surface area contributed by atoms with Crippen molar-refractivity contribution < 1.29 is 24.2 Å². The SMILES string of the molecule is CCOC(=O)C[C@H](O)[C@H](NC(=O)OCC)c1ccccc1. The van der Waals surface area contributed by atoms with Gasteiger partial charge in [0, 0.05) is 0 Å². The Labute approximate surface area is 124 Å². The fourth-order valence-electron chi connectivity index (χ4n) is 1.87. The molecule has 2 N–H and O–H groups in total. The number of hydrogen-bond acceptors (Lipinski definition) is 5. The summed E-state index contributed by atoms with van der Waals surface area (Å²) in [6.07, 6.45) is -1.95. The van der Waals surface area contributed by atoms with E-state index in [0.717, 1.165) is 0 Å². The summed E-state index contributed by atoms with van der Waals surface area (Å²) >= 11 is 0. The summed E-state index contributed by atoms with van der Waals surface area (Å²) in [6, 6.07) is 8.16. The third-order valence-corrected chi connectivity index (χ3v) is 2.77. The van der Waals surface area contributed by atoms with Crippen LogP contribution in [-0.2, 0) is 14.3 Å². The summed E-state index contributed by atoms with van der Waals surface area (Å²) in [4.78, 5) is 23.1. The lowest BCUT2D eigenvalue weighted by atomic mass is 9.99. The van der Waals surface area contributed by atoms with Crippen LogP contribution in [0.4, 0.5) is 4.79 Å². The van der Waals surface area contributed by atoms with E-state index in [4.69, 9.17) is 9.47 Å². The first kappa shape index (κ1) is 17.0. The normalized spacial score (nSPS) is 13.1. The Morgan fingerprint density at radius 2 is 1.76 bits per heavy atom. The minimum atomic E-state index is -1.10. The standard InChI is InChI=1S/C15H21NO5/c1-3-20-13(18)10-12(17)14(16-15(19)21-4-2)11-8-6-5-7-9-11/h5-9,12,14,17H,3-4,10H2,1-2H3,(H,16,19)/t12-,14+/m0/s1. The number of hydrogen-bond donors (Lipinski definition) is 2. The number of carbonyl (C=O) groups excluding carboxylic acids is 2. The topological polar surface area (TPSA) is 84.9 Å². The molecular weight excluding hydrogens is 274 g/mol. The Bertz CT molecular complexity index is 449. The van der Waals surface area contributed by atoms with Crippen molar-refractivity contribution >= 4 is 12.1 Å². The van der Waals surface area contributed by atoms with E-state index in [2.05, 4.69) is 5.32 Å². The van der Waals surface area contributed by atoms with Crippen molar-refractivity contribution in [3.63, 3.8) is 0 Å². The second kappa shape index (κ2) is 8.97. The number of aliphatic hydroxyl groups is 1. The van der Waals surface area contributed by atoms with Crippen LogP contribution in [-0.4, -0.2) is 36.5 Å². The third-order valence-electron chi connectivity index (χ3n) is 2.77. The van der Waals surface area contributed by atoms with Crippen molar-refractivity contribution in [1.82, 2.24) is 5.32 Å². The average molecular weight is 295 g/mol. The summed E-state index contributed by atoms with van der Waals surface area (Å²) < 4.78 is 9.63.